The van der Waals surface area contributed by atoms with E-state index in [1.165, 1.54) is 0 Å². The van der Waals surface area contributed by atoms with Crippen LogP contribution in [0.2, 0.25) is 0 Å². The Bertz CT molecular complexity index is 760. The number of nitrogens with two attached hydrogens (primary N) is 1. The molecule has 2 aromatic carbocycles. The highest BCUT2D eigenvalue weighted by Gasteiger charge is 2.09. The Morgan fingerprint density at radius 3 is 2.56 bits per heavy atom. The molecule has 6 nitrogen and oxygen atoms in total. The molecule has 0 aromatic heterocycles. The minimum atomic E-state index is -0.207. The van der Waals surface area contributed by atoms with E-state index in [9.17, 15) is 9.59 Å². The Hall–Kier alpha value is -2.86. The number of aryl methyl sites for hydroxylation is 1. The number of anilines is 1. The lowest BCUT2D eigenvalue weighted by Crippen LogP contribution is -2.34. The highest BCUT2D eigenvalue weighted by Crippen LogP contribution is 2.13. The lowest BCUT2D eigenvalue weighted by Gasteiger charge is -2.10. The molecule has 4 N–H and O–H groups in total. The fourth-order valence-electron chi connectivity index (χ4n) is 2.43. The summed E-state index contributed by atoms with van der Waals surface area (Å²) in [5.41, 5.74) is 8.38. The SMILES string of the molecule is Cc1cccc(NC(=O)COc2ccc(CCNC(=O)C(C)CN)cc2)c1. The summed E-state index contributed by atoms with van der Waals surface area (Å²) in [5.74, 6) is 0.212. The zero-order valence-corrected chi connectivity index (χ0v) is 15.8. The van der Waals surface area contributed by atoms with Crippen LogP contribution in [0.5, 0.6) is 5.75 Å². The van der Waals surface area contributed by atoms with Gasteiger partial charge in [-0.15, -0.1) is 0 Å². The second kappa shape index (κ2) is 10.3. The third kappa shape index (κ3) is 7.11. The Kier molecular flexibility index (Phi) is 7.82. The summed E-state index contributed by atoms with van der Waals surface area (Å²) in [7, 11) is 0. The van der Waals surface area contributed by atoms with Gasteiger partial charge in [0.2, 0.25) is 5.91 Å². The molecule has 0 aliphatic carbocycles. The van der Waals surface area contributed by atoms with Crippen LogP contribution >= 0.6 is 0 Å². The zero-order chi connectivity index (χ0) is 19.6. The van der Waals surface area contributed by atoms with E-state index in [1.807, 2.05) is 55.5 Å². The number of rotatable bonds is 9. The van der Waals surface area contributed by atoms with Gasteiger partial charge in [-0.1, -0.05) is 31.2 Å². The normalized spacial score (nSPS) is 11.5. The van der Waals surface area contributed by atoms with Crippen molar-refractivity contribution < 1.29 is 14.3 Å². The standard InChI is InChI=1S/C21H27N3O3/c1-15-4-3-5-18(12-15)24-20(25)14-27-19-8-6-17(7-9-19)10-11-23-21(26)16(2)13-22/h3-9,12,16H,10-11,13-14,22H2,1-2H3,(H,23,26)(H,24,25). The molecule has 0 saturated heterocycles. The first kappa shape index (κ1) is 20.5. The smallest absolute Gasteiger partial charge is 0.262 e. The maximum absolute atomic E-state index is 12.0. The van der Waals surface area contributed by atoms with Crippen molar-refractivity contribution in [3.05, 3.63) is 59.7 Å². The molecule has 0 spiro atoms. The van der Waals surface area contributed by atoms with Gasteiger partial charge in [-0.3, -0.25) is 9.59 Å². The Balaban J connectivity index is 1.73. The molecule has 0 fully saturated rings. The molecule has 0 aliphatic heterocycles. The Morgan fingerprint density at radius 2 is 1.89 bits per heavy atom. The van der Waals surface area contributed by atoms with Crippen LogP contribution in [-0.4, -0.2) is 31.5 Å². The number of carbonyl (C=O) groups is 2. The van der Waals surface area contributed by atoms with E-state index < -0.39 is 0 Å². The second-order valence-corrected chi connectivity index (χ2v) is 6.53. The highest BCUT2D eigenvalue weighted by molar-refractivity contribution is 5.91. The average molecular weight is 369 g/mol. The van der Waals surface area contributed by atoms with Crippen LogP contribution in [-0.2, 0) is 16.0 Å². The predicted octanol–water partition coefficient (Wildman–Crippen LogP) is 2.27. The van der Waals surface area contributed by atoms with Crippen LogP contribution in [0.15, 0.2) is 48.5 Å². The van der Waals surface area contributed by atoms with E-state index in [0.29, 0.717) is 18.8 Å². The topological polar surface area (TPSA) is 93.5 Å². The molecular formula is C21H27N3O3. The Morgan fingerprint density at radius 1 is 1.15 bits per heavy atom. The molecule has 6 heteroatoms. The molecule has 0 bridgehead atoms. The number of nitrogens with one attached hydrogen (secondary N) is 2. The van der Waals surface area contributed by atoms with Crippen LogP contribution in [0.4, 0.5) is 5.69 Å². The predicted molar refractivity (Wildman–Crippen MR) is 107 cm³/mol. The largest absolute Gasteiger partial charge is 0.484 e. The first-order valence-corrected chi connectivity index (χ1v) is 9.04. The minimum absolute atomic E-state index is 0.0305. The summed E-state index contributed by atoms with van der Waals surface area (Å²) in [5, 5.41) is 5.66. The maximum Gasteiger partial charge on any atom is 0.262 e. The first-order chi connectivity index (χ1) is 13.0. The summed E-state index contributed by atoms with van der Waals surface area (Å²) in [4.78, 5) is 23.6. The van der Waals surface area contributed by atoms with E-state index in [2.05, 4.69) is 10.6 Å². The maximum atomic E-state index is 12.0. The number of hydrogen-bond donors (Lipinski definition) is 3. The summed E-state index contributed by atoms with van der Waals surface area (Å²) < 4.78 is 5.52. The van der Waals surface area contributed by atoms with Crippen molar-refractivity contribution >= 4 is 17.5 Å². The van der Waals surface area contributed by atoms with E-state index >= 15 is 0 Å². The lowest BCUT2D eigenvalue weighted by molar-refractivity contribution is -0.124. The van der Waals surface area contributed by atoms with Gasteiger partial charge in [0.05, 0.1) is 0 Å². The van der Waals surface area contributed by atoms with E-state index in [0.717, 1.165) is 23.2 Å². The number of carbonyl (C=O) groups excluding carboxylic acids is 2. The van der Waals surface area contributed by atoms with Gasteiger partial charge >= 0.3 is 0 Å². The fraction of sp³-hybridized carbons (Fsp3) is 0.333. The third-order valence-electron chi connectivity index (χ3n) is 4.11. The molecule has 0 saturated carbocycles. The van der Waals surface area contributed by atoms with Crippen LogP contribution < -0.4 is 21.1 Å². The van der Waals surface area contributed by atoms with Crippen molar-refractivity contribution in [3.63, 3.8) is 0 Å². The van der Waals surface area contributed by atoms with Gasteiger partial charge in [0.15, 0.2) is 6.61 Å². The number of amides is 2. The monoisotopic (exact) mass is 369 g/mol. The van der Waals surface area contributed by atoms with Crippen molar-refractivity contribution in [1.82, 2.24) is 5.32 Å². The minimum Gasteiger partial charge on any atom is -0.484 e. The summed E-state index contributed by atoms with van der Waals surface area (Å²) in [6.45, 7) is 4.62. The van der Waals surface area contributed by atoms with Crippen LogP contribution in [0.25, 0.3) is 0 Å². The molecule has 2 rings (SSSR count). The first-order valence-electron chi connectivity index (χ1n) is 9.04. The van der Waals surface area contributed by atoms with Gasteiger partial charge in [0.25, 0.3) is 5.91 Å². The molecule has 1 unspecified atom stereocenters. The van der Waals surface area contributed by atoms with E-state index in [-0.39, 0.29) is 24.3 Å². The number of hydrogen-bond acceptors (Lipinski definition) is 4. The van der Waals surface area contributed by atoms with Gasteiger partial charge in [-0.25, -0.2) is 0 Å². The fourth-order valence-corrected chi connectivity index (χ4v) is 2.43. The lowest BCUT2D eigenvalue weighted by atomic mass is 10.1. The van der Waals surface area contributed by atoms with E-state index in [4.69, 9.17) is 10.5 Å². The van der Waals surface area contributed by atoms with Crippen molar-refractivity contribution in [2.45, 2.75) is 20.3 Å². The van der Waals surface area contributed by atoms with Crippen LogP contribution in [0, 0.1) is 12.8 Å². The van der Waals surface area contributed by atoms with Gasteiger partial charge in [-0.05, 0) is 48.7 Å². The molecule has 27 heavy (non-hydrogen) atoms. The average Bonchev–Trinajstić information content (AvgIpc) is 2.66. The van der Waals surface area contributed by atoms with Crippen molar-refractivity contribution in [3.8, 4) is 5.75 Å². The summed E-state index contributed by atoms with van der Waals surface area (Å²) in [6, 6.07) is 15.1. The highest BCUT2D eigenvalue weighted by atomic mass is 16.5. The zero-order valence-electron chi connectivity index (χ0n) is 15.8. The van der Waals surface area contributed by atoms with Crippen LogP contribution in [0.1, 0.15) is 18.1 Å². The van der Waals surface area contributed by atoms with Gasteiger partial charge < -0.3 is 21.1 Å². The molecule has 2 aromatic rings. The second-order valence-electron chi connectivity index (χ2n) is 6.53. The molecule has 0 radical (unpaired) electrons. The number of benzene rings is 2. The molecule has 0 aliphatic rings. The molecule has 144 valence electrons. The molecular weight excluding hydrogens is 342 g/mol. The molecule has 1 atom stereocenters. The molecule has 0 heterocycles. The van der Waals surface area contributed by atoms with Gasteiger partial charge in [-0.2, -0.15) is 0 Å². The van der Waals surface area contributed by atoms with Crippen molar-refractivity contribution in [1.29, 1.82) is 0 Å². The van der Waals surface area contributed by atoms with Gasteiger partial charge in [0.1, 0.15) is 5.75 Å². The van der Waals surface area contributed by atoms with Gasteiger partial charge in [0, 0.05) is 24.7 Å². The summed E-state index contributed by atoms with van der Waals surface area (Å²) in [6.07, 6.45) is 0.719. The van der Waals surface area contributed by atoms with Crippen LogP contribution in [0.3, 0.4) is 0 Å². The van der Waals surface area contributed by atoms with Crippen molar-refractivity contribution in [2.75, 3.05) is 25.0 Å². The quantitative estimate of drug-likeness (QED) is 0.632. The number of ether oxygens (including phenoxy) is 1. The summed E-state index contributed by atoms with van der Waals surface area (Å²) >= 11 is 0. The Labute approximate surface area is 160 Å². The third-order valence-corrected chi connectivity index (χ3v) is 4.11. The molecule has 2 amide bonds. The van der Waals surface area contributed by atoms with E-state index in [1.54, 1.807) is 6.92 Å². The van der Waals surface area contributed by atoms with Crippen molar-refractivity contribution in [2.24, 2.45) is 11.7 Å².